The van der Waals surface area contributed by atoms with Gasteiger partial charge in [-0.1, -0.05) is 36.9 Å². The lowest BCUT2D eigenvalue weighted by molar-refractivity contribution is 0.0696. The molecule has 0 bridgehead atoms. The third-order valence-electron chi connectivity index (χ3n) is 2.68. The minimum absolute atomic E-state index is 0.187. The Morgan fingerprint density at radius 2 is 1.56 bits per heavy atom. The van der Waals surface area contributed by atoms with Crippen LogP contribution in [0.4, 0.5) is 4.39 Å². The van der Waals surface area contributed by atoms with Gasteiger partial charge in [-0.3, -0.25) is 0 Å². The van der Waals surface area contributed by atoms with Crippen LogP contribution in [-0.4, -0.2) is 11.1 Å². The number of carbonyl (C=O) groups is 1. The molecule has 0 aliphatic carbocycles. The van der Waals surface area contributed by atoms with E-state index in [-0.39, 0.29) is 11.4 Å². The molecule has 3 heteroatoms. The zero-order valence-electron chi connectivity index (χ0n) is 9.56. The Kier molecular flexibility index (Phi) is 3.24. The van der Waals surface area contributed by atoms with E-state index < -0.39 is 5.97 Å². The van der Waals surface area contributed by atoms with Crippen molar-refractivity contribution in [2.75, 3.05) is 0 Å². The first-order valence-electron chi connectivity index (χ1n) is 5.37. The summed E-state index contributed by atoms with van der Waals surface area (Å²) in [5, 5.41) is 9.10. The molecular formula is C15H11FO2. The molecule has 0 saturated carbocycles. The van der Waals surface area contributed by atoms with E-state index >= 15 is 0 Å². The molecule has 2 rings (SSSR count). The molecule has 0 atom stereocenters. The fraction of sp³-hybridized carbons (Fsp3) is 0. The van der Waals surface area contributed by atoms with Crippen LogP contribution in [0.3, 0.4) is 0 Å². The maximum absolute atomic E-state index is 12.8. The molecule has 2 aromatic carbocycles. The maximum Gasteiger partial charge on any atom is 0.336 e. The molecule has 0 fully saturated rings. The van der Waals surface area contributed by atoms with Crippen molar-refractivity contribution in [1.29, 1.82) is 0 Å². The number of rotatable bonds is 3. The highest BCUT2D eigenvalue weighted by atomic mass is 19.1. The number of carboxylic acids is 1. The fourth-order valence-corrected chi connectivity index (χ4v) is 1.74. The van der Waals surface area contributed by atoms with Gasteiger partial charge < -0.3 is 5.11 Å². The van der Waals surface area contributed by atoms with Crippen molar-refractivity contribution in [3.8, 4) is 0 Å². The molecule has 18 heavy (non-hydrogen) atoms. The van der Waals surface area contributed by atoms with E-state index in [0.717, 1.165) is 0 Å². The Balaban J connectivity index is 2.46. The number of halogens is 1. The van der Waals surface area contributed by atoms with Gasteiger partial charge in [0.15, 0.2) is 0 Å². The van der Waals surface area contributed by atoms with Gasteiger partial charge in [-0.2, -0.15) is 0 Å². The first-order chi connectivity index (χ1) is 8.59. The van der Waals surface area contributed by atoms with Crippen molar-refractivity contribution in [1.82, 2.24) is 0 Å². The molecule has 0 radical (unpaired) electrons. The van der Waals surface area contributed by atoms with Crippen molar-refractivity contribution in [3.05, 3.63) is 77.6 Å². The van der Waals surface area contributed by atoms with E-state index in [1.54, 1.807) is 30.3 Å². The van der Waals surface area contributed by atoms with Crippen LogP contribution in [-0.2, 0) is 0 Å². The van der Waals surface area contributed by atoms with E-state index in [9.17, 15) is 9.18 Å². The van der Waals surface area contributed by atoms with Crippen LogP contribution in [0, 0.1) is 5.82 Å². The number of benzene rings is 2. The van der Waals surface area contributed by atoms with Crippen LogP contribution in [0.2, 0.25) is 0 Å². The molecule has 0 aromatic heterocycles. The maximum atomic E-state index is 12.8. The second-order valence-corrected chi connectivity index (χ2v) is 3.84. The smallest absolute Gasteiger partial charge is 0.336 e. The molecule has 0 amide bonds. The van der Waals surface area contributed by atoms with Crippen LogP contribution >= 0.6 is 0 Å². The molecule has 0 unspecified atom stereocenters. The van der Waals surface area contributed by atoms with Gasteiger partial charge in [0.1, 0.15) is 5.82 Å². The Morgan fingerprint density at radius 1 is 1.00 bits per heavy atom. The van der Waals surface area contributed by atoms with Gasteiger partial charge in [-0.25, -0.2) is 9.18 Å². The molecular weight excluding hydrogens is 231 g/mol. The quantitative estimate of drug-likeness (QED) is 0.893. The number of aromatic carboxylic acids is 1. The van der Waals surface area contributed by atoms with Crippen LogP contribution in [0.1, 0.15) is 21.5 Å². The van der Waals surface area contributed by atoms with Crippen molar-refractivity contribution in [2.45, 2.75) is 0 Å². The summed E-state index contributed by atoms with van der Waals surface area (Å²) < 4.78 is 12.8. The Labute approximate surface area is 104 Å². The summed E-state index contributed by atoms with van der Waals surface area (Å²) in [5.74, 6) is -1.34. The molecule has 0 aliphatic rings. The van der Waals surface area contributed by atoms with Crippen LogP contribution in [0.25, 0.3) is 5.57 Å². The van der Waals surface area contributed by atoms with E-state index in [1.807, 2.05) is 0 Å². The van der Waals surface area contributed by atoms with Crippen molar-refractivity contribution in [2.24, 2.45) is 0 Å². The Morgan fingerprint density at radius 3 is 2.11 bits per heavy atom. The monoisotopic (exact) mass is 242 g/mol. The summed E-state index contributed by atoms with van der Waals surface area (Å²) in [6.45, 7) is 3.88. The largest absolute Gasteiger partial charge is 0.478 e. The first kappa shape index (κ1) is 12.0. The highest BCUT2D eigenvalue weighted by Crippen LogP contribution is 2.24. The molecule has 0 saturated heterocycles. The number of carboxylic acid groups (broad SMARTS) is 1. The summed E-state index contributed by atoms with van der Waals surface area (Å²) in [4.78, 5) is 11.1. The van der Waals surface area contributed by atoms with Gasteiger partial charge >= 0.3 is 5.97 Å². The molecule has 2 aromatic rings. The lowest BCUT2D eigenvalue weighted by Gasteiger charge is -2.09. The summed E-state index contributed by atoms with van der Waals surface area (Å²) in [6.07, 6.45) is 0. The zero-order valence-corrected chi connectivity index (χ0v) is 9.56. The molecule has 0 heterocycles. The van der Waals surface area contributed by atoms with Crippen LogP contribution in [0.15, 0.2) is 55.1 Å². The van der Waals surface area contributed by atoms with Crippen molar-refractivity contribution in [3.63, 3.8) is 0 Å². The van der Waals surface area contributed by atoms with Gasteiger partial charge in [0.2, 0.25) is 0 Å². The van der Waals surface area contributed by atoms with Crippen LogP contribution < -0.4 is 0 Å². The standard InChI is InChI=1S/C15H11FO2/c1-10(11-6-8-12(16)9-7-11)13-4-2-3-5-14(13)15(17)18/h2-9H,1H2,(H,17,18). The van der Waals surface area contributed by atoms with Gasteiger partial charge in [0.25, 0.3) is 0 Å². The third kappa shape index (κ3) is 2.30. The third-order valence-corrected chi connectivity index (χ3v) is 2.68. The second kappa shape index (κ2) is 4.84. The molecule has 0 spiro atoms. The average molecular weight is 242 g/mol. The molecule has 1 N–H and O–H groups in total. The predicted octanol–water partition coefficient (Wildman–Crippen LogP) is 3.59. The minimum Gasteiger partial charge on any atom is -0.478 e. The molecule has 90 valence electrons. The Hall–Kier alpha value is -2.42. The first-order valence-corrected chi connectivity index (χ1v) is 5.37. The van der Waals surface area contributed by atoms with Gasteiger partial charge in [-0.05, 0) is 34.9 Å². The van der Waals surface area contributed by atoms with Crippen molar-refractivity contribution >= 4 is 11.5 Å². The van der Waals surface area contributed by atoms with E-state index in [2.05, 4.69) is 6.58 Å². The van der Waals surface area contributed by atoms with Crippen LogP contribution in [0.5, 0.6) is 0 Å². The normalized spacial score (nSPS) is 10.1. The highest BCUT2D eigenvalue weighted by Gasteiger charge is 2.12. The van der Waals surface area contributed by atoms with E-state index in [1.165, 1.54) is 18.2 Å². The number of hydrogen-bond donors (Lipinski definition) is 1. The lowest BCUT2D eigenvalue weighted by Crippen LogP contribution is -2.01. The number of hydrogen-bond acceptors (Lipinski definition) is 1. The van der Waals surface area contributed by atoms with Gasteiger partial charge in [-0.15, -0.1) is 0 Å². The fourth-order valence-electron chi connectivity index (χ4n) is 1.74. The highest BCUT2D eigenvalue weighted by molar-refractivity contribution is 5.96. The summed E-state index contributed by atoms with van der Waals surface area (Å²) >= 11 is 0. The van der Waals surface area contributed by atoms with E-state index in [4.69, 9.17) is 5.11 Å². The summed E-state index contributed by atoms with van der Waals surface area (Å²) in [7, 11) is 0. The predicted molar refractivity (Wildman–Crippen MR) is 67.9 cm³/mol. The molecule has 2 nitrogen and oxygen atoms in total. The summed E-state index contributed by atoms with van der Waals surface area (Å²) in [5.41, 5.74) is 1.99. The minimum atomic E-state index is -1.01. The topological polar surface area (TPSA) is 37.3 Å². The Bertz CT molecular complexity index is 600. The zero-order chi connectivity index (χ0) is 13.1. The van der Waals surface area contributed by atoms with Gasteiger partial charge in [0, 0.05) is 0 Å². The second-order valence-electron chi connectivity index (χ2n) is 3.84. The SMILES string of the molecule is C=C(c1ccc(F)cc1)c1ccccc1C(=O)O. The van der Waals surface area contributed by atoms with Gasteiger partial charge in [0.05, 0.1) is 5.56 Å². The van der Waals surface area contributed by atoms with Crippen molar-refractivity contribution < 1.29 is 14.3 Å². The molecule has 0 aliphatic heterocycles. The summed E-state index contributed by atoms with van der Waals surface area (Å²) in [6, 6.07) is 12.4. The van der Waals surface area contributed by atoms with E-state index in [0.29, 0.717) is 16.7 Å². The lowest BCUT2D eigenvalue weighted by atomic mass is 9.95. The average Bonchev–Trinajstić information content (AvgIpc) is 2.39.